The third kappa shape index (κ3) is 2.76. The fraction of sp³-hybridized carbons (Fsp3) is 0.217. The lowest BCUT2D eigenvalue weighted by Crippen LogP contribution is -2.29. The van der Waals surface area contributed by atoms with Crippen molar-refractivity contribution in [3.8, 4) is 0 Å². The van der Waals surface area contributed by atoms with E-state index in [0.29, 0.717) is 17.3 Å². The predicted octanol–water partition coefficient (Wildman–Crippen LogP) is 5.59. The molecule has 5 heteroatoms. The first-order valence-electron chi connectivity index (χ1n) is 9.41. The summed E-state index contributed by atoms with van der Waals surface area (Å²) in [5, 5.41) is 8.16. The maximum absolute atomic E-state index is 13.3. The molecule has 0 saturated carbocycles. The van der Waals surface area contributed by atoms with Crippen molar-refractivity contribution in [2.24, 2.45) is 0 Å². The molecule has 0 spiro atoms. The van der Waals surface area contributed by atoms with Crippen LogP contribution in [0.4, 0.5) is 5.88 Å². The summed E-state index contributed by atoms with van der Waals surface area (Å²) < 4.78 is 5.55. The van der Waals surface area contributed by atoms with Crippen molar-refractivity contribution in [3.05, 3.63) is 93.3 Å². The van der Waals surface area contributed by atoms with Crippen LogP contribution >= 0.6 is 11.6 Å². The number of benzene rings is 2. The van der Waals surface area contributed by atoms with Crippen molar-refractivity contribution in [3.63, 3.8) is 0 Å². The summed E-state index contributed by atoms with van der Waals surface area (Å²) in [6.45, 7) is 1.91. The van der Waals surface area contributed by atoms with E-state index in [-0.39, 0.29) is 17.6 Å². The molecule has 2 atom stereocenters. The Morgan fingerprint density at radius 2 is 1.86 bits per heavy atom. The van der Waals surface area contributed by atoms with Gasteiger partial charge >= 0.3 is 0 Å². The lowest BCUT2D eigenvalue weighted by Gasteiger charge is -2.34. The van der Waals surface area contributed by atoms with Crippen LogP contribution in [0.25, 0.3) is 0 Å². The summed E-state index contributed by atoms with van der Waals surface area (Å²) in [6.07, 6.45) is 1.27. The van der Waals surface area contributed by atoms with Gasteiger partial charge < -0.3 is 9.84 Å². The highest BCUT2D eigenvalue weighted by Crippen LogP contribution is 2.49. The number of nitrogens with one attached hydrogen (secondary N) is 1. The number of halogens is 1. The number of carbonyl (C=O) groups excluding carboxylic acids is 1. The Bertz CT molecular complexity index is 1100. The second-order valence-corrected chi connectivity index (χ2v) is 7.89. The Kier molecular flexibility index (Phi) is 4.09. The molecule has 4 nitrogen and oxygen atoms in total. The third-order valence-electron chi connectivity index (χ3n) is 5.71. The summed E-state index contributed by atoms with van der Waals surface area (Å²) >= 11 is 6.26. The Morgan fingerprint density at radius 3 is 2.64 bits per heavy atom. The average molecular weight is 391 g/mol. The molecule has 1 aromatic heterocycles. The first-order chi connectivity index (χ1) is 13.6. The first-order valence-corrected chi connectivity index (χ1v) is 9.79. The normalized spacial score (nSPS) is 21.1. The molecule has 28 heavy (non-hydrogen) atoms. The van der Waals surface area contributed by atoms with Gasteiger partial charge in [-0.3, -0.25) is 4.79 Å². The van der Waals surface area contributed by atoms with Crippen LogP contribution in [0.15, 0.2) is 70.4 Å². The number of fused-ring (bicyclic) bond motifs is 1. The van der Waals surface area contributed by atoms with E-state index >= 15 is 0 Å². The average Bonchev–Trinajstić information content (AvgIpc) is 3.07. The Hall–Kier alpha value is -2.85. The number of aromatic nitrogens is 1. The number of Topliss-reactive ketones (excluding diaryl/α,β-unsaturated/α-hetero) is 1. The van der Waals surface area contributed by atoms with Crippen molar-refractivity contribution >= 4 is 23.3 Å². The van der Waals surface area contributed by atoms with Crippen LogP contribution in [-0.2, 0) is 4.79 Å². The van der Waals surface area contributed by atoms with Crippen LogP contribution in [-0.4, -0.2) is 10.9 Å². The number of hydrogen-bond acceptors (Lipinski definition) is 4. The SMILES string of the molecule is Cc1noc2c1[C@H](c1cccc(Cl)c1)C1=C(C[C@H](c3ccccc3)CC1=O)N2. The highest BCUT2D eigenvalue weighted by molar-refractivity contribution is 6.30. The molecule has 1 aliphatic heterocycles. The van der Waals surface area contributed by atoms with E-state index in [9.17, 15) is 4.79 Å². The molecule has 0 amide bonds. The standard InChI is InChI=1S/C23H19ClN2O2/c1-13-20-21(15-8-5-9-17(24)10-15)22-18(25-23(20)28-26-13)11-16(12-19(22)27)14-6-3-2-4-7-14/h2-10,16,21,25H,11-12H2,1H3/t16-,21-/m0/s1. The van der Waals surface area contributed by atoms with Crippen LogP contribution in [0.3, 0.4) is 0 Å². The van der Waals surface area contributed by atoms with E-state index in [0.717, 1.165) is 34.5 Å². The minimum atomic E-state index is -0.208. The van der Waals surface area contributed by atoms with Crippen molar-refractivity contribution in [1.82, 2.24) is 5.16 Å². The zero-order chi connectivity index (χ0) is 19.3. The zero-order valence-electron chi connectivity index (χ0n) is 15.4. The Balaban J connectivity index is 1.64. The largest absolute Gasteiger partial charge is 0.338 e. The van der Waals surface area contributed by atoms with Crippen LogP contribution < -0.4 is 5.32 Å². The molecule has 2 aromatic carbocycles. The summed E-state index contributed by atoms with van der Waals surface area (Å²) in [5.41, 5.74) is 5.63. The molecule has 5 rings (SSSR count). The van der Waals surface area contributed by atoms with E-state index in [4.69, 9.17) is 16.1 Å². The molecule has 0 unspecified atom stereocenters. The van der Waals surface area contributed by atoms with Gasteiger partial charge in [-0.05, 0) is 42.5 Å². The van der Waals surface area contributed by atoms with Gasteiger partial charge in [-0.2, -0.15) is 0 Å². The van der Waals surface area contributed by atoms with Gasteiger partial charge in [-0.25, -0.2) is 0 Å². The van der Waals surface area contributed by atoms with Gasteiger partial charge in [0.2, 0.25) is 5.88 Å². The zero-order valence-corrected chi connectivity index (χ0v) is 16.2. The highest BCUT2D eigenvalue weighted by Gasteiger charge is 2.41. The van der Waals surface area contributed by atoms with Gasteiger partial charge in [-0.1, -0.05) is 59.2 Å². The lowest BCUT2D eigenvalue weighted by molar-refractivity contribution is -0.116. The number of aryl methyl sites for hydroxylation is 1. The van der Waals surface area contributed by atoms with E-state index in [2.05, 4.69) is 22.6 Å². The molecular weight excluding hydrogens is 372 g/mol. The van der Waals surface area contributed by atoms with Gasteiger partial charge in [0.05, 0.1) is 11.3 Å². The molecule has 0 radical (unpaired) electrons. The van der Waals surface area contributed by atoms with E-state index < -0.39 is 0 Å². The fourth-order valence-corrected chi connectivity index (χ4v) is 4.65. The Labute approximate surface area is 168 Å². The van der Waals surface area contributed by atoms with Crippen molar-refractivity contribution in [2.45, 2.75) is 31.6 Å². The smallest absolute Gasteiger partial charge is 0.233 e. The molecule has 3 aromatic rings. The number of ketones is 1. The number of allylic oxidation sites excluding steroid dienone is 2. The number of nitrogens with zero attached hydrogens (tertiary/aromatic N) is 1. The van der Waals surface area contributed by atoms with Gasteiger partial charge in [0.1, 0.15) is 0 Å². The van der Waals surface area contributed by atoms with Crippen LogP contribution in [0.5, 0.6) is 0 Å². The molecule has 0 saturated heterocycles. The fourth-order valence-electron chi connectivity index (χ4n) is 4.45. The van der Waals surface area contributed by atoms with Crippen molar-refractivity contribution < 1.29 is 9.32 Å². The number of carbonyl (C=O) groups is 1. The van der Waals surface area contributed by atoms with Crippen LogP contribution in [0.2, 0.25) is 5.02 Å². The molecule has 1 N–H and O–H groups in total. The number of hydrogen-bond donors (Lipinski definition) is 1. The molecular formula is C23H19ClN2O2. The monoisotopic (exact) mass is 390 g/mol. The van der Waals surface area contributed by atoms with Gasteiger partial charge in [-0.15, -0.1) is 0 Å². The maximum Gasteiger partial charge on any atom is 0.233 e. The topological polar surface area (TPSA) is 55.1 Å². The molecule has 2 aliphatic rings. The maximum atomic E-state index is 13.3. The summed E-state index contributed by atoms with van der Waals surface area (Å²) in [4.78, 5) is 13.3. The van der Waals surface area contributed by atoms with Crippen molar-refractivity contribution in [1.29, 1.82) is 0 Å². The molecule has 1 aliphatic carbocycles. The van der Waals surface area contributed by atoms with Gasteiger partial charge in [0.25, 0.3) is 0 Å². The predicted molar refractivity (Wildman–Crippen MR) is 109 cm³/mol. The Morgan fingerprint density at radius 1 is 1.07 bits per heavy atom. The molecule has 0 fully saturated rings. The quantitative estimate of drug-likeness (QED) is 0.619. The van der Waals surface area contributed by atoms with Crippen LogP contribution in [0.1, 0.15) is 47.1 Å². The third-order valence-corrected chi connectivity index (χ3v) is 5.95. The number of anilines is 1. The van der Waals surface area contributed by atoms with E-state index in [1.165, 1.54) is 5.56 Å². The number of rotatable bonds is 2. The van der Waals surface area contributed by atoms with Crippen molar-refractivity contribution in [2.75, 3.05) is 5.32 Å². The molecule has 140 valence electrons. The highest BCUT2D eigenvalue weighted by atomic mass is 35.5. The summed E-state index contributed by atoms with van der Waals surface area (Å²) in [6, 6.07) is 17.9. The minimum absolute atomic E-state index is 0.158. The first kappa shape index (κ1) is 17.3. The van der Waals surface area contributed by atoms with Gasteiger partial charge in [0, 0.05) is 28.6 Å². The molecule has 0 bridgehead atoms. The van der Waals surface area contributed by atoms with Crippen LogP contribution in [0, 0.1) is 6.92 Å². The lowest BCUT2D eigenvalue weighted by atomic mass is 9.72. The van der Waals surface area contributed by atoms with E-state index in [1.54, 1.807) is 0 Å². The second-order valence-electron chi connectivity index (χ2n) is 7.46. The van der Waals surface area contributed by atoms with E-state index in [1.807, 2.05) is 49.4 Å². The van der Waals surface area contributed by atoms with Gasteiger partial charge in [0.15, 0.2) is 5.78 Å². The molecule has 2 heterocycles. The minimum Gasteiger partial charge on any atom is -0.338 e. The summed E-state index contributed by atoms with van der Waals surface area (Å²) in [7, 11) is 0. The summed E-state index contributed by atoms with van der Waals surface area (Å²) in [5.74, 6) is 0.743. The second kappa shape index (κ2) is 6.64.